The van der Waals surface area contributed by atoms with Crippen molar-refractivity contribution in [1.82, 2.24) is 0 Å². The lowest BCUT2D eigenvalue weighted by Gasteiger charge is -1.70. The molecular weight excluding hydrogens is 116 g/mol. The highest BCUT2D eigenvalue weighted by Crippen LogP contribution is 1.39. The van der Waals surface area contributed by atoms with E-state index in [2.05, 4.69) is 0 Å². The van der Waals surface area contributed by atoms with Crippen LogP contribution in [0.3, 0.4) is 0 Å². The van der Waals surface area contributed by atoms with E-state index in [9.17, 15) is 0 Å². The fourth-order valence-electron chi connectivity index (χ4n) is 0. The minimum absolute atomic E-state index is 0. The first-order chi connectivity index (χ1) is 1.91. The van der Waals surface area contributed by atoms with Crippen molar-refractivity contribution >= 4 is 35.5 Å². The largest absolute Gasteiger partial charge is 0.394 e. The lowest BCUT2D eigenvalue weighted by Crippen LogP contribution is -1.85. The third kappa shape index (κ3) is 20.1. The van der Waals surface area contributed by atoms with Crippen LogP contribution in [0.25, 0.3) is 0 Å². The topological polar surface area (TPSA) is 40.5 Å². The molecule has 2 nitrogen and oxygen atoms in total. The molecule has 38 valence electrons. The number of halogens is 1. The van der Waals surface area contributed by atoms with Gasteiger partial charge in [-0.2, -0.15) is 0 Å². The number of rotatable bonds is 1. The summed E-state index contributed by atoms with van der Waals surface area (Å²) >= 11 is 0. The molecule has 0 aromatic carbocycles. The Morgan fingerprint density at radius 2 is 1.17 bits per heavy atom. The summed E-state index contributed by atoms with van der Waals surface area (Å²) in [6.07, 6.45) is 0. The maximum Gasteiger partial charge on any atom is 0.316 e. The standard InChI is InChI=1S/C2H6O2.ClH.Mg.2H/c3-1-2-4;;;;/h3-4H,1-2H2;1H;;;. The molecule has 0 saturated carbocycles. The van der Waals surface area contributed by atoms with Crippen molar-refractivity contribution in [3.63, 3.8) is 0 Å². The third-order valence-corrected chi connectivity index (χ3v) is 0.1000. The molecule has 0 aliphatic carbocycles. The van der Waals surface area contributed by atoms with Gasteiger partial charge in [0.2, 0.25) is 0 Å². The zero-order chi connectivity index (χ0) is 3.41. The lowest BCUT2D eigenvalue weighted by molar-refractivity contribution is 0.186. The Morgan fingerprint density at radius 3 is 1.17 bits per heavy atom. The second-order valence-corrected chi connectivity index (χ2v) is 0.447. The van der Waals surface area contributed by atoms with E-state index in [0.717, 1.165) is 0 Å². The van der Waals surface area contributed by atoms with Crippen LogP contribution in [0, 0.1) is 0 Å². The first-order valence-electron chi connectivity index (χ1n) is 1.13. The van der Waals surface area contributed by atoms with Gasteiger partial charge >= 0.3 is 23.1 Å². The van der Waals surface area contributed by atoms with Crippen LogP contribution in [0.1, 0.15) is 0 Å². The summed E-state index contributed by atoms with van der Waals surface area (Å²) in [5.74, 6) is 0. The van der Waals surface area contributed by atoms with Gasteiger partial charge in [0.15, 0.2) is 0 Å². The number of hydrogen-bond acceptors (Lipinski definition) is 2. The highest BCUT2D eigenvalue weighted by Gasteiger charge is 1.58. The molecule has 0 heterocycles. The molecule has 0 aromatic rings. The second kappa shape index (κ2) is 16.7. The van der Waals surface area contributed by atoms with Gasteiger partial charge in [0.05, 0.1) is 13.2 Å². The van der Waals surface area contributed by atoms with E-state index >= 15 is 0 Å². The summed E-state index contributed by atoms with van der Waals surface area (Å²) < 4.78 is 0. The van der Waals surface area contributed by atoms with Gasteiger partial charge in [-0.25, -0.2) is 0 Å². The van der Waals surface area contributed by atoms with Crippen molar-refractivity contribution < 1.29 is 10.2 Å². The Labute approximate surface area is 59.1 Å². The van der Waals surface area contributed by atoms with Gasteiger partial charge < -0.3 is 10.2 Å². The predicted octanol–water partition coefficient (Wildman–Crippen LogP) is -1.52. The first kappa shape index (κ1) is 15.8. The maximum atomic E-state index is 7.62. The Balaban J connectivity index is -0.0000000450. The smallest absolute Gasteiger partial charge is 0.316 e. The monoisotopic (exact) mass is 124 g/mol. The molecule has 2 N–H and O–H groups in total. The van der Waals surface area contributed by atoms with Crippen molar-refractivity contribution in [3.8, 4) is 0 Å². The third-order valence-electron chi connectivity index (χ3n) is 0.1000. The van der Waals surface area contributed by atoms with E-state index in [1.165, 1.54) is 0 Å². The van der Waals surface area contributed by atoms with Crippen LogP contribution >= 0.6 is 12.4 Å². The molecular formula is C2H9ClMgO2. The molecule has 0 unspecified atom stereocenters. The summed E-state index contributed by atoms with van der Waals surface area (Å²) in [7, 11) is 0. The van der Waals surface area contributed by atoms with Crippen molar-refractivity contribution in [1.29, 1.82) is 0 Å². The predicted molar refractivity (Wildman–Crippen MR) is 30.0 cm³/mol. The van der Waals surface area contributed by atoms with Crippen LogP contribution in [0.4, 0.5) is 0 Å². The fraction of sp³-hybridized carbons (Fsp3) is 1.00. The van der Waals surface area contributed by atoms with E-state index in [1.54, 1.807) is 0 Å². The van der Waals surface area contributed by atoms with Crippen LogP contribution in [-0.2, 0) is 0 Å². The molecule has 0 saturated heterocycles. The Kier molecular flexibility index (Phi) is 43.9. The molecule has 0 radical (unpaired) electrons. The van der Waals surface area contributed by atoms with E-state index < -0.39 is 0 Å². The van der Waals surface area contributed by atoms with E-state index in [-0.39, 0.29) is 48.7 Å². The zero-order valence-corrected chi connectivity index (χ0v) is 3.53. The van der Waals surface area contributed by atoms with Gasteiger partial charge in [0, 0.05) is 0 Å². The van der Waals surface area contributed by atoms with Gasteiger partial charge in [-0.05, 0) is 0 Å². The normalized spacial score (nSPS) is 5.00. The highest BCUT2D eigenvalue weighted by atomic mass is 35.5. The minimum atomic E-state index is -0.125. The summed E-state index contributed by atoms with van der Waals surface area (Å²) in [5, 5.41) is 15.2. The number of aliphatic hydroxyl groups excluding tert-OH is 2. The quantitative estimate of drug-likeness (QED) is 0.417. The molecule has 0 aliphatic heterocycles. The minimum Gasteiger partial charge on any atom is -0.394 e. The molecule has 0 atom stereocenters. The highest BCUT2D eigenvalue weighted by molar-refractivity contribution is 5.85. The molecule has 0 amide bonds. The average molecular weight is 125 g/mol. The average Bonchev–Trinajstić information content (AvgIpc) is 1.37. The zero-order valence-electron chi connectivity index (χ0n) is 2.72. The molecule has 0 aromatic heterocycles. The molecule has 6 heavy (non-hydrogen) atoms. The van der Waals surface area contributed by atoms with Gasteiger partial charge in [0.25, 0.3) is 0 Å². The van der Waals surface area contributed by atoms with Crippen molar-refractivity contribution in [2.45, 2.75) is 0 Å². The molecule has 0 bridgehead atoms. The van der Waals surface area contributed by atoms with Gasteiger partial charge in [-0.1, -0.05) is 0 Å². The van der Waals surface area contributed by atoms with E-state index in [0.29, 0.717) is 0 Å². The molecule has 0 aliphatic rings. The van der Waals surface area contributed by atoms with Crippen LogP contribution in [-0.4, -0.2) is 46.5 Å². The fourth-order valence-corrected chi connectivity index (χ4v) is 0. The maximum absolute atomic E-state index is 7.62. The first-order valence-corrected chi connectivity index (χ1v) is 1.13. The van der Waals surface area contributed by atoms with Crippen molar-refractivity contribution in [3.05, 3.63) is 0 Å². The molecule has 4 heteroatoms. The Hall–Kier alpha value is 0.976. The molecule has 0 spiro atoms. The summed E-state index contributed by atoms with van der Waals surface area (Å²) in [6.45, 7) is -0.250. The molecule has 0 rings (SSSR count). The van der Waals surface area contributed by atoms with E-state index in [1.807, 2.05) is 0 Å². The second-order valence-electron chi connectivity index (χ2n) is 0.447. The van der Waals surface area contributed by atoms with Gasteiger partial charge in [-0.3, -0.25) is 0 Å². The Morgan fingerprint density at radius 1 is 1.00 bits per heavy atom. The summed E-state index contributed by atoms with van der Waals surface area (Å²) in [6, 6.07) is 0. The summed E-state index contributed by atoms with van der Waals surface area (Å²) in [5.41, 5.74) is 0. The SMILES string of the molecule is Cl.OCCO.[MgH2]. The van der Waals surface area contributed by atoms with Crippen molar-refractivity contribution in [2.75, 3.05) is 13.2 Å². The summed E-state index contributed by atoms with van der Waals surface area (Å²) in [4.78, 5) is 0. The van der Waals surface area contributed by atoms with Crippen LogP contribution in [0.5, 0.6) is 0 Å². The van der Waals surface area contributed by atoms with Crippen LogP contribution in [0.2, 0.25) is 0 Å². The van der Waals surface area contributed by atoms with Crippen molar-refractivity contribution in [2.24, 2.45) is 0 Å². The van der Waals surface area contributed by atoms with Gasteiger partial charge in [-0.15, -0.1) is 12.4 Å². The van der Waals surface area contributed by atoms with Gasteiger partial charge in [0.1, 0.15) is 0 Å². The molecule has 0 fully saturated rings. The van der Waals surface area contributed by atoms with Crippen LogP contribution < -0.4 is 0 Å². The number of hydrogen-bond donors (Lipinski definition) is 2. The van der Waals surface area contributed by atoms with E-state index in [4.69, 9.17) is 10.2 Å². The Bertz CT molecular complexity index is 13.5. The van der Waals surface area contributed by atoms with Crippen LogP contribution in [0.15, 0.2) is 0 Å². The lowest BCUT2D eigenvalue weighted by atomic mass is 10.8. The number of aliphatic hydroxyl groups is 2.